The number of nitrogens with two attached hydrogens (primary N) is 1. The SMILES string of the molecule is CC(=O)Nc1ccccc1Oc1ccc(N)cc1C(=O)O. The van der Waals surface area contributed by atoms with Crippen LogP contribution in [0.5, 0.6) is 11.5 Å². The summed E-state index contributed by atoms with van der Waals surface area (Å²) in [5.74, 6) is -0.898. The van der Waals surface area contributed by atoms with Crippen LogP contribution in [0.25, 0.3) is 0 Å². The molecule has 0 atom stereocenters. The van der Waals surface area contributed by atoms with Crippen LogP contribution in [0.4, 0.5) is 11.4 Å². The largest absolute Gasteiger partial charge is 0.478 e. The van der Waals surface area contributed by atoms with E-state index in [0.29, 0.717) is 17.1 Å². The Kier molecular flexibility index (Phi) is 4.08. The average Bonchev–Trinajstić information content (AvgIpc) is 2.42. The van der Waals surface area contributed by atoms with Gasteiger partial charge in [0.1, 0.15) is 11.3 Å². The van der Waals surface area contributed by atoms with Crippen LogP contribution in [-0.4, -0.2) is 17.0 Å². The fraction of sp³-hybridized carbons (Fsp3) is 0.0667. The van der Waals surface area contributed by atoms with Gasteiger partial charge in [0.2, 0.25) is 5.91 Å². The van der Waals surface area contributed by atoms with Gasteiger partial charge in [0.15, 0.2) is 5.75 Å². The Balaban J connectivity index is 2.39. The second kappa shape index (κ2) is 5.96. The molecule has 0 fully saturated rings. The summed E-state index contributed by atoms with van der Waals surface area (Å²) in [6.07, 6.45) is 0. The molecule has 0 saturated carbocycles. The van der Waals surface area contributed by atoms with Crippen molar-refractivity contribution in [2.75, 3.05) is 11.1 Å². The molecule has 21 heavy (non-hydrogen) atoms. The van der Waals surface area contributed by atoms with Gasteiger partial charge in [-0.1, -0.05) is 12.1 Å². The molecule has 2 aromatic carbocycles. The number of nitrogens with one attached hydrogen (secondary N) is 1. The van der Waals surface area contributed by atoms with Crippen molar-refractivity contribution < 1.29 is 19.4 Å². The maximum absolute atomic E-state index is 11.2. The first-order valence-electron chi connectivity index (χ1n) is 6.14. The topological polar surface area (TPSA) is 102 Å². The number of aromatic carboxylic acids is 1. The van der Waals surface area contributed by atoms with Crippen LogP contribution in [0, 0.1) is 0 Å². The standard InChI is InChI=1S/C15H14N2O4/c1-9(18)17-12-4-2-3-5-14(12)21-13-7-6-10(16)8-11(13)15(19)20/h2-8H,16H2,1H3,(H,17,18)(H,19,20). The van der Waals surface area contributed by atoms with Crippen molar-refractivity contribution >= 4 is 23.3 Å². The maximum Gasteiger partial charge on any atom is 0.339 e. The number of rotatable bonds is 4. The first kappa shape index (κ1) is 14.4. The maximum atomic E-state index is 11.2. The second-order valence-electron chi connectivity index (χ2n) is 4.34. The number of hydrogen-bond acceptors (Lipinski definition) is 4. The number of carboxylic acid groups (broad SMARTS) is 1. The molecule has 0 saturated heterocycles. The highest BCUT2D eigenvalue weighted by Crippen LogP contribution is 2.32. The van der Waals surface area contributed by atoms with Gasteiger partial charge in [-0.2, -0.15) is 0 Å². The minimum Gasteiger partial charge on any atom is -0.478 e. The molecule has 1 amide bonds. The molecule has 0 aromatic heterocycles. The van der Waals surface area contributed by atoms with E-state index in [1.54, 1.807) is 30.3 Å². The van der Waals surface area contributed by atoms with Gasteiger partial charge in [-0.05, 0) is 30.3 Å². The Hall–Kier alpha value is -3.02. The first-order chi connectivity index (χ1) is 9.97. The Morgan fingerprint density at radius 3 is 2.52 bits per heavy atom. The lowest BCUT2D eigenvalue weighted by Gasteiger charge is -2.13. The van der Waals surface area contributed by atoms with E-state index in [0.717, 1.165) is 0 Å². The minimum absolute atomic E-state index is 0.0485. The lowest BCUT2D eigenvalue weighted by atomic mass is 10.2. The number of amides is 1. The highest BCUT2D eigenvalue weighted by Gasteiger charge is 2.14. The second-order valence-corrected chi connectivity index (χ2v) is 4.34. The Morgan fingerprint density at radius 2 is 1.86 bits per heavy atom. The summed E-state index contributed by atoms with van der Waals surface area (Å²) in [7, 11) is 0. The number of anilines is 2. The number of carbonyl (C=O) groups is 2. The highest BCUT2D eigenvalue weighted by molar-refractivity contribution is 5.93. The summed E-state index contributed by atoms with van der Waals surface area (Å²) in [4.78, 5) is 22.4. The van der Waals surface area contributed by atoms with Crippen molar-refractivity contribution in [1.29, 1.82) is 0 Å². The summed E-state index contributed by atoms with van der Waals surface area (Å²) >= 11 is 0. The third-order valence-corrected chi connectivity index (χ3v) is 2.65. The average molecular weight is 286 g/mol. The van der Waals surface area contributed by atoms with Crippen LogP contribution < -0.4 is 15.8 Å². The van der Waals surface area contributed by atoms with E-state index in [9.17, 15) is 14.7 Å². The van der Waals surface area contributed by atoms with Crippen LogP contribution in [0.2, 0.25) is 0 Å². The minimum atomic E-state index is -1.14. The Morgan fingerprint density at radius 1 is 1.14 bits per heavy atom. The van der Waals surface area contributed by atoms with Gasteiger partial charge >= 0.3 is 5.97 Å². The zero-order valence-electron chi connectivity index (χ0n) is 11.3. The van der Waals surface area contributed by atoms with Gasteiger partial charge in [0.05, 0.1) is 5.69 Å². The molecular formula is C15H14N2O4. The molecule has 6 nitrogen and oxygen atoms in total. The fourth-order valence-electron chi connectivity index (χ4n) is 1.77. The van der Waals surface area contributed by atoms with Crippen molar-refractivity contribution in [1.82, 2.24) is 0 Å². The molecule has 0 heterocycles. The normalized spacial score (nSPS) is 9.95. The first-order valence-corrected chi connectivity index (χ1v) is 6.14. The van der Waals surface area contributed by atoms with Crippen LogP contribution in [-0.2, 0) is 4.79 Å². The summed E-state index contributed by atoms with van der Waals surface area (Å²) in [5, 5.41) is 11.8. The molecule has 0 unspecified atom stereocenters. The number of ether oxygens (including phenoxy) is 1. The number of carboxylic acids is 1. The summed E-state index contributed by atoms with van der Waals surface area (Å²) in [6.45, 7) is 1.38. The molecule has 0 aliphatic heterocycles. The third kappa shape index (κ3) is 3.50. The molecule has 4 N–H and O–H groups in total. The summed E-state index contributed by atoms with van der Waals surface area (Å²) in [5.41, 5.74) is 6.32. The van der Waals surface area contributed by atoms with E-state index in [2.05, 4.69) is 5.32 Å². The zero-order valence-corrected chi connectivity index (χ0v) is 11.3. The molecule has 2 rings (SSSR count). The van der Waals surface area contributed by atoms with Gasteiger partial charge in [0, 0.05) is 12.6 Å². The van der Waals surface area contributed by atoms with Crippen molar-refractivity contribution in [2.45, 2.75) is 6.92 Å². The van der Waals surface area contributed by atoms with Crippen molar-refractivity contribution in [3.8, 4) is 11.5 Å². The van der Waals surface area contributed by atoms with Gasteiger partial charge in [-0.3, -0.25) is 4.79 Å². The lowest BCUT2D eigenvalue weighted by molar-refractivity contribution is -0.114. The van der Waals surface area contributed by atoms with Crippen LogP contribution in [0.3, 0.4) is 0 Å². The zero-order chi connectivity index (χ0) is 15.4. The molecule has 2 aromatic rings. The third-order valence-electron chi connectivity index (χ3n) is 2.65. The predicted molar refractivity (Wildman–Crippen MR) is 78.6 cm³/mol. The molecule has 0 aliphatic rings. The van der Waals surface area contributed by atoms with Gasteiger partial charge in [-0.15, -0.1) is 0 Å². The molecular weight excluding hydrogens is 272 g/mol. The smallest absolute Gasteiger partial charge is 0.339 e. The number of hydrogen-bond donors (Lipinski definition) is 3. The monoisotopic (exact) mass is 286 g/mol. The molecule has 0 radical (unpaired) electrons. The number of nitrogen functional groups attached to an aromatic ring is 1. The van der Waals surface area contributed by atoms with E-state index in [1.165, 1.54) is 19.1 Å². The lowest BCUT2D eigenvalue weighted by Crippen LogP contribution is -2.07. The van der Waals surface area contributed by atoms with Crippen molar-refractivity contribution in [3.63, 3.8) is 0 Å². The van der Waals surface area contributed by atoms with Crippen molar-refractivity contribution in [2.24, 2.45) is 0 Å². The van der Waals surface area contributed by atoms with Gasteiger partial charge < -0.3 is 20.9 Å². The summed E-state index contributed by atoms with van der Waals surface area (Å²) < 4.78 is 5.61. The van der Waals surface area contributed by atoms with E-state index in [-0.39, 0.29) is 17.2 Å². The van der Waals surface area contributed by atoms with Gasteiger partial charge in [-0.25, -0.2) is 4.79 Å². The van der Waals surface area contributed by atoms with Gasteiger partial charge in [0.25, 0.3) is 0 Å². The summed E-state index contributed by atoms with van der Waals surface area (Å²) in [6, 6.07) is 11.1. The molecule has 108 valence electrons. The quantitative estimate of drug-likeness (QED) is 0.750. The fourth-order valence-corrected chi connectivity index (χ4v) is 1.77. The predicted octanol–water partition coefficient (Wildman–Crippen LogP) is 2.72. The number of para-hydroxylation sites is 2. The van der Waals surface area contributed by atoms with E-state index in [1.807, 2.05) is 0 Å². The number of carbonyl (C=O) groups excluding carboxylic acids is 1. The van der Waals surface area contributed by atoms with Crippen LogP contribution >= 0.6 is 0 Å². The van der Waals surface area contributed by atoms with Crippen LogP contribution in [0.15, 0.2) is 42.5 Å². The van der Waals surface area contributed by atoms with E-state index in [4.69, 9.17) is 10.5 Å². The highest BCUT2D eigenvalue weighted by atomic mass is 16.5. The number of benzene rings is 2. The molecule has 6 heteroatoms. The molecule has 0 bridgehead atoms. The van der Waals surface area contributed by atoms with Crippen molar-refractivity contribution in [3.05, 3.63) is 48.0 Å². The van der Waals surface area contributed by atoms with E-state index < -0.39 is 5.97 Å². The van der Waals surface area contributed by atoms with Crippen LogP contribution in [0.1, 0.15) is 17.3 Å². The molecule has 0 spiro atoms. The van der Waals surface area contributed by atoms with E-state index >= 15 is 0 Å². The molecule has 0 aliphatic carbocycles. The Bertz CT molecular complexity index is 698. The Labute approximate surface area is 121 Å².